The summed E-state index contributed by atoms with van der Waals surface area (Å²) in [6.07, 6.45) is 0. The molecule has 0 amide bonds. The van der Waals surface area contributed by atoms with Crippen LogP contribution < -0.4 is 0 Å². The molecule has 0 aliphatic heterocycles. The monoisotopic (exact) mass is 289 g/mol. The van der Waals surface area contributed by atoms with Crippen molar-refractivity contribution < 1.29 is 10.1 Å². The van der Waals surface area contributed by atoms with Crippen molar-refractivity contribution in [2.24, 2.45) is 0 Å². The van der Waals surface area contributed by atoms with E-state index in [1.807, 2.05) is 0 Å². The van der Waals surface area contributed by atoms with Gasteiger partial charge in [0.05, 0.1) is 15.5 Å². The summed E-state index contributed by atoms with van der Waals surface area (Å²) in [6, 6.07) is 11.0. The Balaban J connectivity index is 2.26. The summed E-state index contributed by atoms with van der Waals surface area (Å²) in [6.45, 7) is 0. The van der Waals surface area contributed by atoms with Crippen LogP contribution >= 0.6 is 11.6 Å². The van der Waals surface area contributed by atoms with Crippen molar-refractivity contribution in [3.05, 3.63) is 57.6 Å². The molecule has 3 aromatic rings. The smallest absolute Gasteiger partial charge is 0.271 e. The number of benzene rings is 2. The zero-order valence-electron chi connectivity index (χ0n) is 10.0. The topological polar surface area (TPSA) is 81.2 Å². The second kappa shape index (κ2) is 4.50. The molecule has 0 radical (unpaired) electrons. The molecule has 100 valence electrons. The van der Waals surface area contributed by atoms with Crippen molar-refractivity contribution in [3.8, 4) is 11.4 Å². The van der Waals surface area contributed by atoms with Gasteiger partial charge in [0.2, 0.25) is 0 Å². The molecule has 0 aliphatic rings. The summed E-state index contributed by atoms with van der Waals surface area (Å²) < 4.78 is 0.809. The first-order valence-corrected chi connectivity index (χ1v) is 6.07. The van der Waals surface area contributed by atoms with Crippen molar-refractivity contribution in [1.29, 1.82) is 0 Å². The molecule has 1 aromatic heterocycles. The van der Waals surface area contributed by atoms with Gasteiger partial charge in [0.15, 0.2) is 5.82 Å². The van der Waals surface area contributed by atoms with E-state index in [1.165, 1.54) is 18.2 Å². The van der Waals surface area contributed by atoms with Crippen LogP contribution in [0.4, 0.5) is 5.69 Å². The van der Waals surface area contributed by atoms with E-state index in [2.05, 4.69) is 4.98 Å². The molecule has 0 spiro atoms. The molecule has 1 heterocycles. The third-order valence-corrected chi connectivity index (χ3v) is 3.27. The van der Waals surface area contributed by atoms with E-state index in [0.29, 0.717) is 16.1 Å². The Kier molecular flexibility index (Phi) is 2.80. The Labute approximate surface area is 118 Å². The maximum Gasteiger partial charge on any atom is 0.271 e. The Morgan fingerprint density at radius 1 is 1.25 bits per heavy atom. The van der Waals surface area contributed by atoms with Gasteiger partial charge < -0.3 is 5.21 Å². The Morgan fingerprint density at radius 2 is 2.00 bits per heavy atom. The first-order valence-electron chi connectivity index (χ1n) is 5.69. The number of nitro benzene ring substituents is 1. The molecule has 6 nitrogen and oxygen atoms in total. The predicted molar refractivity (Wildman–Crippen MR) is 74.0 cm³/mol. The fraction of sp³-hybridized carbons (Fsp3) is 0. The highest BCUT2D eigenvalue weighted by Crippen LogP contribution is 2.30. The molecule has 20 heavy (non-hydrogen) atoms. The van der Waals surface area contributed by atoms with E-state index in [-0.39, 0.29) is 17.0 Å². The van der Waals surface area contributed by atoms with Crippen LogP contribution in [-0.2, 0) is 0 Å². The quantitative estimate of drug-likeness (QED) is 0.445. The first-order chi connectivity index (χ1) is 9.58. The van der Waals surface area contributed by atoms with E-state index in [9.17, 15) is 15.3 Å². The number of hydrogen-bond donors (Lipinski definition) is 1. The zero-order chi connectivity index (χ0) is 14.3. The Bertz CT molecular complexity index is 829. The Hall–Kier alpha value is -2.60. The number of fused-ring (bicyclic) bond motifs is 1. The number of hydrogen-bond acceptors (Lipinski definition) is 4. The lowest BCUT2D eigenvalue weighted by Crippen LogP contribution is -1.95. The van der Waals surface area contributed by atoms with Gasteiger partial charge in [0, 0.05) is 17.7 Å². The number of aromatic nitrogens is 2. The van der Waals surface area contributed by atoms with E-state index in [4.69, 9.17) is 11.6 Å². The average molecular weight is 290 g/mol. The summed E-state index contributed by atoms with van der Waals surface area (Å²) in [5, 5.41) is 21.3. The second-order valence-corrected chi connectivity index (χ2v) is 4.56. The molecule has 0 fully saturated rings. The maximum atomic E-state index is 10.8. The Morgan fingerprint density at radius 3 is 2.70 bits per heavy atom. The van der Waals surface area contributed by atoms with E-state index < -0.39 is 4.92 Å². The van der Waals surface area contributed by atoms with Crippen LogP contribution in [0.25, 0.3) is 22.4 Å². The van der Waals surface area contributed by atoms with Crippen LogP contribution in [0.3, 0.4) is 0 Å². The minimum Gasteiger partial charge on any atom is -0.426 e. The number of imidazole rings is 1. The van der Waals surface area contributed by atoms with Crippen molar-refractivity contribution in [1.82, 2.24) is 9.71 Å². The standard InChI is InChI=1S/C13H8ClN3O3/c14-10-4-2-1-3-9(10)13-15-11-6-5-8(17(19)20)7-12(11)16(13)18/h1-7,18H. The summed E-state index contributed by atoms with van der Waals surface area (Å²) in [5.74, 6) is 0.242. The van der Waals surface area contributed by atoms with Crippen LogP contribution in [0, 0.1) is 10.1 Å². The van der Waals surface area contributed by atoms with Gasteiger partial charge in [0.1, 0.15) is 5.52 Å². The average Bonchev–Trinajstić information content (AvgIpc) is 2.76. The van der Waals surface area contributed by atoms with Gasteiger partial charge in [-0.25, -0.2) is 4.98 Å². The molecule has 0 unspecified atom stereocenters. The molecule has 7 heteroatoms. The molecule has 2 aromatic carbocycles. The third-order valence-electron chi connectivity index (χ3n) is 2.94. The third kappa shape index (κ3) is 1.86. The fourth-order valence-corrected chi connectivity index (χ4v) is 2.20. The highest BCUT2D eigenvalue weighted by atomic mass is 35.5. The van der Waals surface area contributed by atoms with Gasteiger partial charge in [-0.15, -0.1) is 0 Å². The van der Waals surface area contributed by atoms with Crippen LogP contribution in [0.1, 0.15) is 0 Å². The lowest BCUT2D eigenvalue weighted by atomic mass is 10.2. The van der Waals surface area contributed by atoms with E-state index in [1.54, 1.807) is 24.3 Å². The highest BCUT2D eigenvalue weighted by molar-refractivity contribution is 6.33. The van der Waals surface area contributed by atoms with E-state index >= 15 is 0 Å². The number of halogens is 1. The second-order valence-electron chi connectivity index (χ2n) is 4.16. The van der Waals surface area contributed by atoms with Crippen molar-refractivity contribution in [3.63, 3.8) is 0 Å². The lowest BCUT2D eigenvalue weighted by Gasteiger charge is -2.02. The molecule has 1 N–H and O–H groups in total. The van der Waals surface area contributed by atoms with Crippen LogP contribution in [0.15, 0.2) is 42.5 Å². The largest absolute Gasteiger partial charge is 0.426 e. The van der Waals surface area contributed by atoms with Gasteiger partial charge in [-0.1, -0.05) is 23.7 Å². The minimum atomic E-state index is -0.526. The molecule has 0 atom stereocenters. The number of non-ortho nitro benzene ring substituents is 1. The zero-order valence-corrected chi connectivity index (χ0v) is 10.8. The predicted octanol–water partition coefficient (Wildman–Crippen LogP) is 3.50. The van der Waals surface area contributed by atoms with Crippen LogP contribution in [-0.4, -0.2) is 19.8 Å². The molecule has 0 bridgehead atoms. The summed E-state index contributed by atoms with van der Waals surface area (Å²) >= 11 is 6.07. The lowest BCUT2D eigenvalue weighted by molar-refractivity contribution is -0.384. The summed E-state index contributed by atoms with van der Waals surface area (Å²) in [5.41, 5.74) is 1.15. The SMILES string of the molecule is O=[N+]([O-])c1ccc2nc(-c3ccccc3Cl)n(O)c2c1. The number of nitrogens with zero attached hydrogens (tertiary/aromatic N) is 3. The summed E-state index contributed by atoms with van der Waals surface area (Å²) in [4.78, 5) is 14.5. The van der Waals surface area contributed by atoms with Crippen molar-refractivity contribution in [2.45, 2.75) is 0 Å². The van der Waals surface area contributed by atoms with Gasteiger partial charge in [-0.05, 0) is 18.2 Å². The van der Waals surface area contributed by atoms with Gasteiger partial charge in [-0.3, -0.25) is 10.1 Å². The normalized spacial score (nSPS) is 10.8. The summed E-state index contributed by atoms with van der Waals surface area (Å²) in [7, 11) is 0. The number of rotatable bonds is 2. The molecule has 0 saturated carbocycles. The van der Waals surface area contributed by atoms with Crippen LogP contribution in [0.2, 0.25) is 5.02 Å². The number of nitro groups is 1. The van der Waals surface area contributed by atoms with Crippen molar-refractivity contribution >= 4 is 28.3 Å². The maximum absolute atomic E-state index is 10.8. The highest BCUT2D eigenvalue weighted by Gasteiger charge is 2.17. The van der Waals surface area contributed by atoms with Gasteiger partial charge in [0.25, 0.3) is 5.69 Å². The van der Waals surface area contributed by atoms with Gasteiger partial charge in [-0.2, -0.15) is 4.73 Å². The molecule has 3 rings (SSSR count). The molecule has 0 saturated heterocycles. The van der Waals surface area contributed by atoms with Crippen molar-refractivity contribution in [2.75, 3.05) is 0 Å². The molecular weight excluding hydrogens is 282 g/mol. The fourth-order valence-electron chi connectivity index (χ4n) is 1.98. The molecule has 0 aliphatic carbocycles. The molecular formula is C13H8ClN3O3. The first kappa shape index (κ1) is 12.4. The van der Waals surface area contributed by atoms with E-state index in [0.717, 1.165) is 4.73 Å². The minimum absolute atomic E-state index is 0.113. The van der Waals surface area contributed by atoms with Gasteiger partial charge >= 0.3 is 0 Å². The van der Waals surface area contributed by atoms with Crippen LogP contribution in [0.5, 0.6) is 0 Å².